The second-order valence-corrected chi connectivity index (χ2v) is 12.4. The molecule has 4 heterocycles. The Kier molecular flexibility index (Phi) is 8.16. The standard InChI is InChI=1S/C33H27F4N7O5/c1-32(2,31(49)40-20-6-5-19(12-38)23(9-20)33(35,36)37)43-16-17(13-39-43)3-4-18-14-42(15-18)26-11-22-21(10-24(26)34)29(47)44(30(22)48)25-7-8-27(45)41-28(25)46/h5-6,9-11,13,16,18,25,28,46H,7-8,14-15H2,1-2H3,(H,40,49)(H,41,45). The van der Waals surface area contributed by atoms with Crippen LogP contribution in [0, 0.1) is 34.9 Å². The Morgan fingerprint density at radius 2 is 1.80 bits per heavy atom. The lowest BCUT2D eigenvalue weighted by molar-refractivity contribution is -0.137. The van der Waals surface area contributed by atoms with Crippen molar-refractivity contribution in [3.05, 3.63) is 76.4 Å². The van der Waals surface area contributed by atoms with E-state index in [1.165, 1.54) is 49.1 Å². The van der Waals surface area contributed by atoms with E-state index >= 15 is 4.39 Å². The van der Waals surface area contributed by atoms with E-state index in [1.54, 1.807) is 4.90 Å². The summed E-state index contributed by atoms with van der Waals surface area (Å²) in [5.74, 6) is 2.61. The van der Waals surface area contributed by atoms with Gasteiger partial charge in [0.05, 0.1) is 57.7 Å². The Labute approximate surface area is 276 Å². The zero-order valence-electron chi connectivity index (χ0n) is 25.9. The molecule has 2 unspecified atom stereocenters. The van der Waals surface area contributed by atoms with Gasteiger partial charge in [0.1, 0.15) is 17.6 Å². The van der Waals surface area contributed by atoms with E-state index in [0.29, 0.717) is 24.7 Å². The van der Waals surface area contributed by atoms with Crippen LogP contribution in [0.2, 0.25) is 0 Å². The SMILES string of the molecule is CC(C)(C(=O)Nc1ccc(C#N)c(C(F)(F)F)c1)n1cc(C#CC2CN(c3cc4c(cc3F)C(=O)N(C3CCC(=O)NC3O)C4=O)C2)cn1. The number of aliphatic hydroxyl groups excluding tert-OH is 1. The van der Waals surface area contributed by atoms with Crippen LogP contribution in [0.15, 0.2) is 42.7 Å². The summed E-state index contributed by atoms with van der Waals surface area (Å²) in [6.45, 7) is 3.66. The number of nitrogens with zero attached hydrogens (tertiary/aromatic N) is 5. The molecule has 2 saturated heterocycles. The maximum atomic E-state index is 15.1. The summed E-state index contributed by atoms with van der Waals surface area (Å²) in [7, 11) is 0. The molecule has 3 aliphatic rings. The third-order valence-electron chi connectivity index (χ3n) is 8.71. The van der Waals surface area contributed by atoms with E-state index in [9.17, 15) is 37.5 Å². The first-order valence-corrected chi connectivity index (χ1v) is 15.0. The van der Waals surface area contributed by atoms with Gasteiger partial charge in [-0.05, 0) is 50.6 Å². The van der Waals surface area contributed by atoms with Gasteiger partial charge >= 0.3 is 6.18 Å². The summed E-state index contributed by atoms with van der Waals surface area (Å²) < 4.78 is 56.5. The van der Waals surface area contributed by atoms with Gasteiger partial charge in [-0.1, -0.05) is 11.8 Å². The Morgan fingerprint density at radius 3 is 2.45 bits per heavy atom. The highest BCUT2D eigenvalue weighted by Crippen LogP contribution is 2.36. The van der Waals surface area contributed by atoms with E-state index in [4.69, 9.17) is 5.26 Å². The van der Waals surface area contributed by atoms with Gasteiger partial charge in [-0.3, -0.25) is 28.8 Å². The molecule has 3 aliphatic heterocycles. The number of carbonyl (C=O) groups is 4. The molecule has 252 valence electrons. The topological polar surface area (TPSA) is 161 Å². The van der Waals surface area contributed by atoms with Crippen LogP contribution in [0.4, 0.5) is 28.9 Å². The number of aliphatic hydroxyl groups is 1. The highest BCUT2D eigenvalue weighted by Gasteiger charge is 2.45. The van der Waals surface area contributed by atoms with Gasteiger partial charge in [-0.2, -0.15) is 23.5 Å². The molecule has 0 saturated carbocycles. The maximum Gasteiger partial charge on any atom is 0.417 e. The smallest absolute Gasteiger partial charge is 0.372 e. The summed E-state index contributed by atoms with van der Waals surface area (Å²) in [5.41, 5.74) is -2.78. The molecule has 0 spiro atoms. The van der Waals surface area contributed by atoms with Crippen molar-refractivity contribution >= 4 is 35.0 Å². The third kappa shape index (κ3) is 6.07. The van der Waals surface area contributed by atoms with Crippen LogP contribution >= 0.6 is 0 Å². The second-order valence-electron chi connectivity index (χ2n) is 12.4. The van der Waals surface area contributed by atoms with Crippen molar-refractivity contribution in [2.45, 2.75) is 50.7 Å². The molecule has 0 aliphatic carbocycles. The van der Waals surface area contributed by atoms with Gasteiger partial charge in [-0.25, -0.2) is 4.39 Å². The lowest BCUT2D eigenvalue weighted by atomic mass is 9.98. The fraction of sp³-hybridized carbons (Fsp3) is 0.333. The zero-order valence-corrected chi connectivity index (χ0v) is 25.9. The number of rotatable bonds is 5. The predicted molar refractivity (Wildman–Crippen MR) is 163 cm³/mol. The van der Waals surface area contributed by atoms with E-state index in [0.717, 1.165) is 17.0 Å². The number of fused-ring (bicyclic) bond motifs is 1. The van der Waals surface area contributed by atoms with Crippen molar-refractivity contribution in [2.75, 3.05) is 23.3 Å². The Balaban J connectivity index is 1.09. The average molecular weight is 678 g/mol. The zero-order chi connectivity index (χ0) is 35.4. The number of piperidine rings is 1. The highest BCUT2D eigenvalue weighted by atomic mass is 19.4. The number of halogens is 4. The van der Waals surface area contributed by atoms with Crippen molar-refractivity contribution < 1.29 is 41.8 Å². The number of hydrogen-bond acceptors (Lipinski definition) is 8. The number of hydrogen-bond donors (Lipinski definition) is 3. The quantitative estimate of drug-likeness (QED) is 0.211. The van der Waals surface area contributed by atoms with Crippen molar-refractivity contribution in [3.63, 3.8) is 0 Å². The minimum absolute atomic E-state index is 0.000857. The molecule has 2 aromatic carbocycles. The van der Waals surface area contributed by atoms with Crippen LogP contribution in [0.3, 0.4) is 0 Å². The minimum Gasteiger partial charge on any atom is -0.372 e. The van der Waals surface area contributed by atoms with E-state index in [2.05, 4.69) is 27.6 Å². The molecule has 6 rings (SSSR count). The lowest BCUT2D eigenvalue weighted by Gasteiger charge is -2.38. The Hall–Kier alpha value is -5.74. The molecule has 3 N–H and O–H groups in total. The van der Waals surface area contributed by atoms with E-state index in [1.807, 2.05) is 0 Å². The molecule has 1 aromatic heterocycles. The first-order valence-electron chi connectivity index (χ1n) is 15.0. The summed E-state index contributed by atoms with van der Waals surface area (Å²) in [4.78, 5) is 53.3. The number of anilines is 2. The first-order chi connectivity index (χ1) is 23.1. The van der Waals surface area contributed by atoms with Gasteiger partial charge < -0.3 is 20.6 Å². The Morgan fingerprint density at radius 1 is 1.10 bits per heavy atom. The summed E-state index contributed by atoms with van der Waals surface area (Å²) in [6, 6.07) is 5.70. The molecule has 4 amide bonds. The number of imide groups is 1. The van der Waals surface area contributed by atoms with E-state index in [-0.39, 0.29) is 41.3 Å². The number of benzene rings is 2. The number of alkyl halides is 3. The van der Waals surface area contributed by atoms with Crippen molar-refractivity contribution in [2.24, 2.45) is 5.92 Å². The van der Waals surface area contributed by atoms with Gasteiger partial charge in [0.2, 0.25) is 5.91 Å². The molecule has 0 radical (unpaired) electrons. The monoisotopic (exact) mass is 677 g/mol. The summed E-state index contributed by atoms with van der Waals surface area (Å²) >= 11 is 0. The molecule has 2 atom stereocenters. The van der Waals surface area contributed by atoms with Crippen LogP contribution in [0.1, 0.15) is 64.1 Å². The number of nitriles is 1. The van der Waals surface area contributed by atoms with Crippen LogP contribution in [-0.2, 0) is 21.3 Å². The summed E-state index contributed by atoms with van der Waals surface area (Å²) in [5, 5.41) is 28.2. The first kappa shape index (κ1) is 33.2. The average Bonchev–Trinajstić information content (AvgIpc) is 3.59. The van der Waals surface area contributed by atoms with Crippen LogP contribution in [0.25, 0.3) is 0 Å². The fourth-order valence-electron chi connectivity index (χ4n) is 5.84. The van der Waals surface area contributed by atoms with Crippen molar-refractivity contribution in [3.8, 4) is 17.9 Å². The lowest BCUT2D eigenvalue weighted by Crippen LogP contribution is -2.57. The second kappa shape index (κ2) is 12.1. The third-order valence-corrected chi connectivity index (χ3v) is 8.71. The predicted octanol–water partition coefficient (Wildman–Crippen LogP) is 2.97. The van der Waals surface area contributed by atoms with Crippen LogP contribution in [0.5, 0.6) is 0 Å². The Bertz CT molecular complexity index is 2020. The number of amides is 4. The van der Waals surface area contributed by atoms with Gasteiger partial charge in [0.25, 0.3) is 17.7 Å². The number of aromatic nitrogens is 2. The molecular formula is C33H27F4N7O5. The molecule has 49 heavy (non-hydrogen) atoms. The van der Waals surface area contributed by atoms with Crippen LogP contribution < -0.4 is 15.5 Å². The molecule has 3 aromatic rings. The van der Waals surface area contributed by atoms with Crippen LogP contribution in [-0.4, -0.2) is 68.8 Å². The van der Waals surface area contributed by atoms with Gasteiger partial charge in [0.15, 0.2) is 0 Å². The van der Waals surface area contributed by atoms with Gasteiger partial charge in [0, 0.05) is 31.4 Å². The molecule has 0 bridgehead atoms. The fourth-order valence-corrected chi connectivity index (χ4v) is 5.84. The normalized spacial score (nSPS) is 19.4. The number of carbonyl (C=O) groups excluding carboxylic acids is 4. The molecule has 16 heteroatoms. The van der Waals surface area contributed by atoms with Gasteiger partial charge in [-0.15, -0.1) is 0 Å². The van der Waals surface area contributed by atoms with Crippen molar-refractivity contribution in [1.82, 2.24) is 20.0 Å². The molecular weight excluding hydrogens is 650 g/mol. The molecule has 2 fully saturated rings. The minimum atomic E-state index is -4.78. The maximum absolute atomic E-state index is 15.1. The van der Waals surface area contributed by atoms with E-state index < -0.39 is 64.6 Å². The highest BCUT2D eigenvalue weighted by molar-refractivity contribution is 6.22. The summed E-state index contributed by atoms with van der Waals surface area (Å²) in [6.07, 6.45) is -3.19. The largest absolute Gasteiger partial charge is 0.417 e. The molecule has 12 nitrogen and oxygen atoms in total. The number of nitrogens with one attached hydrogen (secondary N) is 2. The van der Waals surface area contributed by atoms with Crippen molar-refractivity contribution in [1.29, 1.82) is 5.26 Å².